The standard InChI is InChI=1S/C15H20N4O/c1-11-4-5-13(14(8-11)16-3)15(20)17-6-7-19-10-12(2)9-18-19/h4-5,8-10,16H,6-7H2,1-3H3,(H,17,20). The second-order valence-corrected chi connectivity index (χ2v) is 4.84. The fourth-order valence-electron chi connectivity index (χ4n) is 2.03. The number of anilines is 1. The minimum absolute atomic E-state index is 0.0711. The van der Waals surface area contributed by atoms with E-state index in [1.165, 1.54) is 0 Å². The van der Waals surface area contributed by atoms with Crippen molar-refractivity contribution in [1.82, 2.24) is 15.1 Å². The molecule has 20 heavy (non-hydrogen) atoms. The molecular weight excluding hydrogens is 252 g/mol. The van der Waals surface area contributed by atoms with Crippen LogP contribution in [0, 0.1) is 13.8 Å². The van der Waals surface area contributed by atoms with Gasteiger partial charge >= 0.3 is 0 Å². The van der Waals surface area contributed by atoms with Gasteiger partial charge < -0.3 is 10.6 Å². The zero-order valence-electron chi connectivity index (χ0n) is 12.1. The van der Waals surface area contributed by atoms with Gasteiger partial charge in [-0.2, -0.15) is 5.10 Å². The van der Waals surface area contributed by atoms with E-state index in [-0.39, 0.29) is 5.91 Å². The van der Waals surface area contributed by atoms with Gasteiger partial charge in [0.15, 0.2) is 0 Å². The summed E-state index contributed by atoms with van der Waals surface area (Å²) in [7, 11) is 1.82. The van der Waals surface area contributed by atoms with Gasteiger partial charge in [-0.3, -0.25) is 9.48 Å². The highest BCUT2D eigenvalue weighted by Gasteiger charge is 2.10. The Morgan fingerprint density at radius 2 is 2.10 bits per heavy atom. The zero-order valence-corrected chi connectivity index (χ0v) is 12.1. The molecule has 0 atom stereocenters. The highest BCUT2D eigenvalue weighted by Crippen LogP contribution is 2.16. The Morgan fingerprint density at radius 1 is 1.30 bits per heavy atom. The second-order valence-electron chi connectivity index (χ2n) is 4.84. The first-order chi connectivity index (χ1) is 9.60. The molecule has 0 aliphatic rings. The smallest absolute Gasteiger partial charge is 0.253 e. The molecule has 1 amide bonds. The number of benzene rings is 1. The number of carbonyl (C=O) groups excluding carboxylic acids is 1. The van der Waals surface area contributed by atoms with E-state index < -0.39 is 0 Å². The highest BCUT2D eigenvalue weighted by atomic mass is 16.1. The zero-order chi connectivity index (χ0) is 14.5. The summed E-state index contributed by atoms with van der Waals surface area (Å²) < 4.78 is 1.82. The van der Waals surface area contributed by atoms with E-state index in [1.54, 1.807) is 6.20 Å². The van der Waals surface area contributed by atoms with Gasteiger partial charge in [0.25, 0.3) is 5.91 Å². The topological polar surface area (TPSA) is 59.0 Å². The summed E-state index contributed by atoms with van der Waals surface area (Å²) in [6.45, 7) is 5.22. The van der Waals surface area contributed by atoms with Crippen LogP contribution in [0.5, 0.6) is 0 Å². The summed E-state index contributed by atoms with van der Waals surface area (Å²) in [5.41, 5.74) is 3.75. The molecular formula is C15H20N4O. The van der Waals surface area contributed by atoms with Gasteiger partial charge in [-0.15, -0.1) is 0 Å². The normalized spacial score (nSPS) is 10.3. The van der Waals surface area contributed by atoms with E-state index in [0.29, 0.717) is 18.7 Å². The average Bonchev–Trinajstić information content (AvgIpc) is 2.84. The van der Waals surface area contributed by atoms with Crippen LogP contribution in [0.3, 0.4) is 0 Å². The third kappa shape index (κ3) is 3.38. The Labute approximate surface area is 119 Å². The Hall–Kier alpha value is -2.30. The van der Waals surface area contributed by atoms with Crippen LogP contribution in [0.25, 0.3) is 0 Å². The number of carbonyl (C=O) groups is 1. The molecule has 2 aromatic rings. The van der Waals surface area contributed by atoms with E-state index in [1.807, 2.05) is 50.0 Å². The summed E-state index contributed by atoms with van der Waals surface area (Å²) in [6.07, 6.45) is 3.76. The lowest BCUT2D eigenvalue weighted by atomic mass is 10.1. The van der Waals surface area contributed by atoms with Gasteiger partial charge in [0, 0.05) is 25.5 Å². The van der Waals surface area contributed by atoms with Crippen LogP contribution in [0.1, 0.15) is 21.5 Å². The number of nitrogens with zero attached hydrogens (tertiary/aromatic N) is 2. The van der Waals surface area contributed by atoms with Crippen molar-refractivity contribution in [2.75, 3.05) is 18.9 Å². The minimum atomic E-state index is -0.0711. The molecule has 0 saturated carbocycles. The monoisotopic (exact) mass is 272 g/mol. The molecule has 2 rings (SSSR count). The van der Waals surface area contributed by atoms with Crippen molar-refractivity contribution in [1.29, 1.82) is 0 Å². The molecule has 0 saturated heterocycles. The Balaban J connectivity index is 1.95. The van der Waals surface area contributed by atoms with Crippen LogP contribution in [0.15, 0.2) is 30.6 Å². The molecule has 0 spiro atoms. The number of hydrogen-bond donors (Lipinski definition) is 2. The van der Waals surface area contributed by atoms with Crippen molar-refractivity contribution >= 4 is 11.6 Å². The average molecular weight is 272 g/mol. The third-order valence-corrected chi connectivity index (χ3v) is 3.08. The lowest BCUT2D eigenvalue weighted by Crippen LogP contribution is -2.28. The number of aromatic nitrogens is 2. The van der Waals surface area contributed by atoms with Crippen LogP contribution < -0.4 is 10.6 Å². The van der Waals surface area contributed by atoms with Crippen LogP contribution in [-0.4, -0.2) is 29.3 Å². The van der Waals surface area contributed by atoms with E-state index in [2.05, 4.69) is 15.7 Å². The van der Waals surface area contributed by atoms with Crippen LogP contribution >= 0.6 is 0 Å². The van der Waals surface area contributed by atoms with E-state index in [0.717, 1.165) is 16.8 Å². The van der Waals surface area contributed by atoms with Crippen molar-refractivity contribution in [3.8, 4) is 0 Å². The summed E-state index contributed by atoms with van der Waals surface area (Å²) in [6, 6.07) is 5.74. The Bertz CT molecular complexity index is 604. The number of hydrogen-bond acceptors (Lipinski definition) is 3. The van der Waals surface area contributed by atoms with Gasteiger partial charge in [0.2, 0.25) is 0 Å². The minimum Gasteiger partial charge on any atom is -0.387 e. The molecule has 0 radical (unpaired) electrons. The van der Waals surface area contributed by atoms with Gasteiger partial charge in [-0.05, 0) is 37.1 Å². The maximum Gasteiger partial charge on any atom is 0.253 e. The van der Waals surface area contributed by atoms with Crippen molar-refractivity contribution in [3.05, 3.63) is 47.3 Å². The van der Waals surface area contributed by atoms with E-state index >= 15 is 0 Å². The molecule has 5 nitrogen and oxygen atoms in total. The van der Waals surface area contributed by atoms with Crippen molar-refractivity contribution in [2.24, 2.45) is 0 Å². The molecule has 0 aliphatic heterocycles. The fraction of sp³-hybridized carbons (Fsp3) is 0.333. The molecule has 0 aliphatic carbocycles. The SMILES string of the molecule is CNc1cc(C)ccc1C(=O)NCCn1cc(C)cn1. The largest absolute Gasteiger partial charge is 0.387 e. The second kappa shape index (κ2) is 6.23. The van der Waals surface area contributed by atoms with Crippen molar-refractivity contribution in [3.63, 3.8) is 0 Å². The molecule has 0 fully saturated rings. The maximum absolute atomic E-state index is 12.2. The predicted octanol–water partition coefficient (Wildman–Crippen LogP) is 1.97. The molecule has 0 bridgehead atoms. The highest BCUT2D eigenvalue weighted by molar-refractivity contribution is 5.99. The van der Waals surface area contributed by atoms with Gasteiger partial charge in [0.05, 0.1) is 18.3 Å². The first kappa shape index (κ1) is 14.1. The molecule has 1 aromatic heterocycles. The van der Waals surface area contributed by atoms with Crippen molar-refractivity contribution in [2.45, 2.75) is 20.4 Å². The number of amides is 1. The van der Waals surface area contributed by atoms with Crippen LogP contribution in [-0.2, 0) is 6.54 Å². The van der Waals surface area contributed by atoms with Gasteiger partial charge in [0.1, 0.15) is 0 Å². The maximum atomic E-state index is 12.2. The predicted molar refractivity (Wildman–Crippen MR) is 80.0 cm³/mol. The van der Waals surface area contributed by atoms with Gasteiger partial charge in [-0.25, -0.2) is 0 Å². The third-order valence-electron chi connectivity index (χ3n) is 3.08. The Morgan fingerprint density at radius 3 is 2.75 bits per heavy atom. The summed E-state index contributed by atoms with van der Waals surface area (Å²) in [5, 5.41) is 10.1. The Kier molecular flexibility index (Phi) is 4.40. The molecule has 1 heterocycles. The van der Waals surface area contributed by atoms with Gasteiger partial charge in [-0.1, -0.05) is 6.07 Å². The summed E-state index contributed by atoms with van der Waals surface area (Å²) >= 11 is 0. The fourth-order valence-corrected chi connectivity index (χ4v) is 2.03. The number of rotatable bonds is 5. The molecule has 2 N–H and O–H groups in total. The van der Waals surface area contributed by atoms with E-state index in [9.17, 15) is 4.79 Å². The lowest BCUT2D eigenvalue weighted by Gasteiger charge is -2.10. The van der Waals surface area contributed by atoms with Crippen molar-refractivity contribution < 1.29 is 4.79 Å². The van der Waals surface area contributed by atoms with Crippen LogP contribution in [0.2, 0.25) is 0 Å². The molecule has 1 aromatic carbocycles. The van der Waals surface area contributed by atoms with E-state index in [4.69, 9.17) is 0 Å². The molecule has 106 valence electrons. The first-order valence-electron chi connectivity index (χ1n) is 6.66. The molecule has 5 heteroatoms. The summed E-state index contributed by atoms with van der Waals surface area (Å²) in [5.74, 6) is -0.0711. The first-order valence-corrected chi connectivity index (χ1v) is 6.66. The lowest BCUT2D eigenvalue weighted by molar-refractivity contribution is 0.0952. The number of aryl methyl sites for hydroxylation is 2. The van der Waals surface area contributed by atoms with Crippen LogP contribution in [0.4, 0.5) is 5.69 Å². The number of nitrogens with one attached hydrogen (secondary N) is 2. The quantitative estimate of drug-likeness (QED) is 0.875. The molecule has 0 unspecified atom stereocenters. The summed E-state index contributed by atoms with van der Waals surface area (Å²) in [4.78, 5) is 12.2.